The lowest BCUT2D eigenvalue weighted by atomic mass is 10.2. The number of hydrogen-bond donors (Lipinski definition) is 2. The lowest BCUT2D eigenvalue weighted by Gasteiger charge is -2.18. The van der Waals surface area contributed by atoms with Crippen LogP contribution in [0.1, 0.15) is 31.3 Å². The van der Waals surface area contributed by atoms with Gasteiger partial charge in [0.1, 0.15) is 5.60 Å². The topological polar surface area (TPSA) is 74.7 Å². The zero-order valence-corrected chi connectivity index (χ0v) is 12.1. The molecular weight excluding hydrogens is 254 g/mol. The lowest BCUT2D eigenvalue weighted by Crippen LogP contribution is -2.27. The summed E-state index contributed by atoms with van der Waals surface area (Å²) in [4.78, 5) is 16.6. The number of hydroxylamine groups is 2. The minimum absolute atomic E-state index is 0.375. The quantitative estimate of drug-likeness (QED) is 0.828. The van der Waals surface area contributed by atoms with Crippen molar-refractivity contribution in [1.82, 2.24) is 10.0 Å². The molecule has 0 saturated heterocycles. The van der Waals surface area contributed by atoms with Crippen LogP contribution in [0.4, 0.5) is 9.93 Å². The summed E-state index contributed by atoms with van der Waals surface area (Å²) in [6.07, 6.45) is -0.528. The molecule has 1 heterocycles. The second-order valence-corrected chi connectivity index (χ2v) is 6.05. The third-order valence-electron chi connectivity index (χ3n) is 1.87. The maximum absolute atomic E-state index is 11.5. The molecule has 1 aromatic heterocycles. The predicted octanol–water partition coefficient (Wildman–Crippen LogP) is 2.62. The van der Waals surface area contributed by atoms with Gasteiger partial charge in [-0.25, -0.2) is 9.78 Å². The Hall–Kier alpha value is -1.18. The Labute approximate surface area is 111 Å². The molecule has 0 unspecified atom stereocenters. The van der Waals surface area contributed by atoms with Gasteiger partial charge in [-0.2, -0.15) is 5.06 Å². The first kappa shape index (κ1) is 14.9. The van der Waals surface area contributed by atoms with E-state index in [1.807, 2.05) is 6.92 Å². The Balaban J connectivity index is 2.66. The molecular formula is C11H19N3O3S. The van der Waals surface area contributed by atoms with Gasteiger partial charge in [-0.15, -0.1) is 0 Å². The van der Waals surface area contributed by atoms with Crippen molar-refractivity contribution in [3.8, 4) is 0 Å². The molecule has 0 aliphatic rings. The van der Waals surface area contributed by atoms with Crippen LogP contribution in [-0.2, 0) is 11.3 Å². The number of thiazole rings is 1. The Bertz CT molecular complexity index is 424. The largest absolute Gasteiger partial charge is 0.444 e. The van der Waals surface area contributed by atoms with E-state index in [9.17, 15) is 10.0 Å². The second kappa shape index (κ2) is 5.64. The maximum atomic E-state index is 11.5. The highest BCUT2D eigenvalue weighted by Gasteiger charge is 2.18. The summed E-state index contributed by atoms with van der Waals surface area (Å²) in [5.74, 6) is 0. The second-order valence-electron chi connectivity index (χ2n) is 4.97. The van der Waals surface area contributed by atoms with Crippen molar-refractivity contribution in [1.29, 1.82) is 0 Å². The molecule has 1 rings (SSSR count). The first-order valence-corrected chi connectivity index (χ1v) is 6.35. The van der Waals surface area contributed by atoms with Crippen LogP contribution in [0.5, 0.6) is 0 Å². The molecule has 0 radical (unpaired) electrons. The lowest BCUT2D eigenvalue weighted by molar-refractivity contribution is -0.0725. The van der Waals surface area contributed by atoms with Crippen molar-refractivity contribution in [3.63, 3.8) is 0 Å². The molecule has 0 atom stereocenters. The van der Waals surface area contributed by atoms with Crippen LogP contribution in [0.15, 0.2) is 0 Å². The summed E-state index contributed by atoms with van der Waals surface area (Å²) in [5, 5.41) is 13.3. The number of carbonyl (C=O) groups is 1. The van der Waals surface area contributed by atoms with Gasteiger partial charge in [0.05, 0.1) is 12.2 Å². The van der Waals surface area contributed by atoms with Crippen molar-refractivity contribution in [2.24, 2.45) is 0 Å². The Morgan fingerprint density at radius 2 is 2.17 bits per heavy atom. The van der Waals surface area contributed by atoms with Crippen molar-refractivity contribution in [3.05, 3.63) is 10.6 Å². The Morgan fingerprint density at radius 1 is 1.56 bits per heavy atom. The summed E-state index contributed by atoms with van der Waals surface area (Å²) < 4.78 is 5.13. The highest BCUT2D eigenvalue weighted by molar-refractivity contribution is 7.15. The van der Waals surface area contributed by atoms with Gasteiger partial charge in [0, 0.05) is 11.9 Å². The number of aromatic nitrogens is 1. The minimum atomic E-state index is -0.537. The highest BCUT2D eigenvalue weighted by Crippen LogP contribution is 2.24. The molecule has 0 aliphatic carbocycles. The van der Waals surface area contributed by atoms with Gasteiger partial charge in [0.25, 0.3) is 0 Å². The summed E-state index contributed by atoms with van der Waals surface area (Å²) in [7, 11) is 1.56. The number of carbonyl (C=O) groups excluding carboxylic acids is 1. The molecule has 2 N–H and O–H groups in total. The van der Waals surface area contributed by atoms with Gasteiger partial charge in [-0.05, 0) is 27.7 Å². The zero-order valence-electron chi connectivity index (χ0n) is 11.3. The van der Waals surface area contributed by atoms with Crippen molar-refractivity contribution in [2.75, 3.05) is 12.4 Å². The fourth-order valence-electron chi connectivity index (χ4n) is 1.23. The van der Waals surface area contributed by atoms with E-state index in [2.05, 4.69) is 10.3 Å². The van der Waals surface area contributed by atoms with Crippen LogP contribution in [0.25, 0.3) is 0 Å². The predicted molar refractivity (Wildman–Crippen MR) is 70.0 cm³/mol. The number of anilines is 1. The van der Waals surface area contributed by atoms with Crippen LogP contribution in [-0.4, -0.2) is 34.0 Å². The van der Waals surface area contributed by atoms with E-state index in [1.54, 1.807) is 27.8 Å². The third-order valence-corrected chi connectivity index (χ3v) is 2.93. The van der Waals surface area contributed by atoms with E-state index in [0.29, 0.717) is 11.7 Å². The molecule has 18 heavy (non-hydrogen) atoms. The average molecular weight is 273 g/mol. The first-order valence-electron chi connectivity index (χ1n) is 5.53. The van der Waals surface area contributed by atoms with Gasteiger partial charge in [-0.1, -0.05) is 11.3 Å². The normalized spacial score (nSPS) is 11.7. The molecule has 0 spiro atoms. The van der Waals surface area contributed by atoms with Crippen LogP contribution in [0, 0.1) is 6.92 Å². The zero-order chi connectivity index (χ0) is 13.9. The monoisotopic (exact) mass is 273 g/mol. The molecule has 0 aliphatic heterocycles. The van der Waals surface area contributed by atoms with E-state index in [1.165, 1.54) is 11.3 Å². The first-order chi connectivity index (χ1) is 8.17. The number of hydrogen-bond acceptors (Lipinski definition) is 6. The number of ether oxygens (including phenoxy) is 1. The fourth-order valence-corrected chi connectivity index (χ4v) is 2.22. The van der Waals surface area contributed by atoms with E-state index in [0.717, 1.165) is 15.6 Å². The van der Waals surface area contributed by atoms with Gasteiger partial charge in [0.15, 0.2) is 5.13 Å². The van der Waals surface area contributed by atoms with Crippen molar-refractivity contribution >= 4 is 22.6 Å². The molecule has 1 amide bonds. The van der Waals surface area contributed by atoms with Crippen molar-refractivity contribution in [2.45, 2.75) is 39.8 Å². The summed E-state index contributed by atoms with van der Waals surface area (Å²) in [5.41, 5.74) is 0.247. The molecule has 0 aromatic carbocycles. The fraction of sp³-hybridized carbons (Fsp3) is 0.636. The molecule has 6 nitrogen and oxygen atoms in total. The number of nitrogens with one attached hydrogen (secondary N) is 1. The van der Waals surface area contributed by atoms with E-state index in [4.69, 9.17) is 4.74 Å². The molecule has 1 aromatic rings. The smallest absolute Gasteiger partial charge is 0.413 e. The molecule has 0 bridgehead atoms. The third kappa shape index (κ3) is 4.99. The molecule has 0 saturated carbocycles. The molecule has 0 fully saturated rings. The SMILES string of the molecule is Cc1nc(NC(=O)OC(C)(C)C)sc1CN(C)O. The number of rotatable bonds is 3. The Kier molecular flexibility index (Phi) is 4.66. The number of nitrogens with zero attached hydrogens (tertiary/aromatic N) is 2. The van der Waals surface area contributed by atoms with Crippen LogP contribution in [0.2, 0.25) is 0 Å². The minimum Gasteiger partial charge on any atom is -0.444 e. The average Bonchev–Trinajstić information content (AvgIpc) is 2.41. The number of aryl methyl sites for hydroxylation is 1. The maximum Gasteiger partial charge on any atom is 0.413 e. The molecule has 7 heteroatoms. The van der Waals surface area contributed by atoms with E-state index in [-0.39, 0.29) is 0 Å². The van der Waals surface area contributed by atoms with Gasteiger partial charge in [0.2, 0.25) is 0 Å². The van der Waals surface area contributed by atoms with Gasteiger partial charge >= 0.3 is 6.09 Å². The molecule has 102 valence electrons. The van der Waals surface area contributed by atoms with E-state index < -0.39 is 11.7 Å². The summed E-state index contributed by atoms with van der Waals surface area (Å²) in [6.45, 7) is 7.60. The summed E-state index contributed by atoms with van der Waals surface area (Å²) in [6, 6.07) is 0. The standard InChI is InChI=1S/C11H19N3O3S/c1-7-8(6-14(5)16)18-9(12-7)13-10(15)17-11(2,3)4/h16H,6H2,1-5H3,(H,12,13,15). The van der Waals surface area contributed by atoms with Crippen LogP contribution >= 0.6 is 11.3 Å². The van der Waals surface area contributed by atoms with Crippen LogP contribution < -0.4 is 5.32 Å². The van der Waals surface area contributed by atoms with Gasteiger partial charge < -0.3 is 9.94 Å². The van der Waals surface area contributed by atoms with Gasteiger partial charge in [-0.3, -0.25) is 5.32 Å². The summed E-state index contributed by atoms with van der Waals surface area (Å²) >= 11 is 1.32. The Morgan fingerprint density at radius 3 is 2.67 bits per heavy atom. The van der Waals surface area contributed by atoms with Crippen LogP contribution in [0.3, 0.4) is 0 Å². The number of amides is 1. The van der Waals surface area contributed by atoms with Crippen molar-refractivity contribution < 1.29 is 14.7 Å². The van der Waals surface area contributed by atoms with E-state index >= 15 is 0 Å². The highest BCUT2D eigenvalue weighted by atomic mass is 32.1.